The Morgan fingerprint density at radius 1 is 1.55 bits per heavy atom. The molecule has 0 saturated heterocycles. The van der Waals surface area contributed by atoms with Gasteiger partial charge in [-0.15, -0.1) is 22.9 Å². The Balaban J connectivity index is 2.80. The smallest absolute Gasteiger partial charge is 0.116 e. The van der Waals surface area contributed by atoms with E-state index < -0.39 is 0 Å². The first-order valence-electron chi connectivity index (χ1n) is 3.40. The Kier molecular flexibility index (Phi) is 3.09. The molecule has 0 aliphatic heterocycles. The molecule has 0 aliphatic rings. The number of hydrogen-bond donors (Lipinski definition) is 0. The average molecular weight is 188 g/mol. The van der Waals surface area contributed by atoms with E-state index in [0.717, 1.165) is 10.7 Å². The maximum Gasteiger partial charge on any atom is 0.116 e. The van der Waals surface area contributed by atoms with Gasteiger partial charge in [0.05, 0.1) is 5.69 Å². The van der Waals surface area contributed by atoms with Gasteiger partial charge in [0.25, 0.3) is 0 Å². The topological polar surface area (TPSA) is 12.9 Å². The summed E-state index contributed by atoms with van der Waals surface area (Å²) in [7, 11) is 0. The van der Waals surface area contributed by atoms with Gasteiger partial charge in [0.2, 0.25) is 0 Å². The third kappa shape index (κ3) is 2.31. The molecule has 0 bridgehead atoms. The van der Waals surface area contributed by atoms with Crippen molar-refractivity contribution in [2.45, 2.75) is 13.8 Å². The van der Waals surface area contributed by atoms with Crippen LogP contribution in [-0.4, -0.2) is 10.9 Å². The van der Waals surface area contributed by atoms with Crippen LogP contribution in [0.5, 0.6) is 0 Å². The summed E-state index contributed by atoms with van der Waals surface area (Å²) in [6, 6.07) is 0. The predicted molar refractivity (Wildman–Crippen MR) is 51.3 cm³/mol. The molecule has 0 unspecified atom stereocenters. The van der Waals surface area contributed by atoms with Gasteiger partial charge in [0.15, 0.2) is 0 Å². The largest absolute Gasteiger partial charge is 0.242 e. The van der Waals surface area contributed by atoms with Crippen molar-refractivity contribution in [1.82, 2.24) is 4.98 Å². The first kappa shape index (κ1) is 8.75. The van der Waals surface area contributed by atoms with E-state index in [1.165, 1.54) is 4.88 Å². The summed E-state index contributed by atoms with van der Waals surface area (Å²) < 4.78 is 0. The summed E-state index contributed by atoms with van der Waals surface area (Å²) in [6.45, 7) is 4.09. The Hall–Kier alpha value is -0.340. The minimum atomic E-state index is 0.553. The van der Waals surface area contributed by atoms with Crippen molar-refractivity contribution < 1.29 is 0 Å². The summed E-state index contributed by atoms with van der Waals surface area (Å²) in [4.78, 5) is 5.60. The molecule has 1 aromatic heterocycles. The van der Waals surface area contributed by atoms with Crippen LogP contribution in [0.3, 0.4) is 0 Å². The molecule has 0 atom stereocenters. The van der Waals surface area contributed by atoms with Crippen LogP contribution in [0.2, 0.25) is 0 Å². The number of rotatable bonds is 2. The lowest BCUT2D eigenvalue weighted by atomic mass is 10.4. The lowest BCUT2D eigenvalue weighted by Crippen LogP contribution is -1.72. The number of thiazole rings is 1. The van der Waals surface area contributed by atoms with Crippen LogP contribution in [0, 0.1) is 13.8 Å². The summed E-state index contributed by atoms with van der Waals surface area (Å²) in [6.07, 6.45) is 3.86. The summed E-state index contributed by atoms with van der Waals surface area (Å²) >= 11 is 7.19. The molecule has 1 rings (SSSR count). The van der Waals surface area contributed by atoms with E-state index in [-0.39, 0.29) is 0 Å². The second-order valence-electron chi connectivity index (χ2n) is 2.25. The van der Waals surface area contributed by atoms with Crippen LogP contribution in [-0.2, 0) is 0 Å². The van der Waals surface area contributed by atoms with E-state index in [9.17, 15) is 0 Å². The van der Waals surface area contributed by atoms with Crippen molar-refractivity contribution in [2.75, 3.05) is 5.88 Å². The van der Waals surface area contributed by atoms with Gasteiger partial charge in [-0.25, -0.2) is 4.98 Å². The van der Waals surface area contributed by atoms with Crippen molar-refractivity contribution in [3.63, 3.8) is 0 Å². The van der Waals surface area contributed by atoms with E-state index in [1.54, 1.807) is 11.3 Å². The van der Waals surface area contributed by atoms with Crippen LogP contribution < -0.4 is 0 Å². The molecule has 0 aliphatic carbocycles. The van der Waals surface area contributed by atoms with Gasteiger partial charge in [0.1, 0.15) is 5.01 Å². The van der Waals surface area contributed by atoms with E-state index in [0.29, 0.717) is 5.88 Å². The standard InChI is InChI=1S/C8H10ClNS/c1-6-7(2)11-8(10-6)4-3-5-9/h3-4H,5H2,1-2H3. The van der Waals surface area contributed by atoms with E-state index in [4.69, 9.17) is 11.6 Å². The zero-order valence-corrected chi connectivity index (χ0v) is 8.17. The van der Waals surface area contributed by atoms with Gasteiger partial charge in [-0.2, -0.15) is 0 Å². The molecule has 1 aromatic rings. The molecule has 3 heteroatoms. The van der Waals surface area contributed by atoms with Gasteiger partial charge in [-0.1, -0.05) is 6.08 Å². The molecule has 1 heterocycles. The third-order valence-corrected chi connectivity index (χ3v) is 2.61. The quantitative estimate of drug-likeness (QED) is 0.649. The number of aromatic nitrogens is 1. The molecular formula is C8H10ClNS. The molecule has 11 heavy (non-hydrogen) atoms. The summed E-state index contributed by atoms with van der Waals surface area (Å²) in [5, 5.41) is 1.04. The lowest BCUT2D eigenvalue weighted by Gasteiger charge is -1.78. The maximum atomic E-state index is 5.49. The zero-order chi connectivity index (χ0) is 8.27. The first-order chi connectivity index (χ1) is 5.24. The van der Waals surface area contributed by atoms with Gasteiger partial charge < -0.3 is 0 Å². The van der Waals surface area contributed by atoms with Gasteiger partial charge in [0, 0.05) is 10.8 Å². The Labute approximate surface area is 75.7 Å². The van der Waals surface area contributed by atoms with Crippen molar-refractivity contribution >= 4 is 29.0 Å². The molecule has 0 N–H and O–H groups in total. The van der Waals surface area contributed by atoms with Crippen LogP contribution in [0.25, 0.3) is 6.08 Å². The molecule has 0 amide bonds. The minimum Gasteiger partial charge on any atom is -0.242 e. The van der Waals surface area contributed by atoms with E-state index >= 15 is 0 Å². The van der Waals surface area contributed by atoms with Gasteiger partial charge >= 0.3 is 0 Å². The fourth-order valence-electron chi connectivity index (χ4n) is 0.714. The zero-order valence-electron chi connectivity index (χ0n) is 6.60. The number of allylic oxidation sites excluding steroid dienone is 1. The van der Waals surface area contributed by atoms with Gasteiger partial charge in [-0.3, -0.25) is 0 Å². The van der Waals surface area contributed by atoms with E-state index in [1.807, 2.05) is 19.1 Å². The predicted octanol–water partition coefficient (Wildman–Crippen LogP) is 3.01. The maximum absolute atomic E-state index is 5.49. The monoisotopic (exact) mass is 187 g/mol. The minimum absolute atomic E-state index is 0.553. The molecule has 0 aromatic carbocycles. The molecule has 0 saturated carbocycles. The Morgan fingerprint density at radius 2 is 2.27 bits per heavy atom. The van der Waals surface area contributed by atoms with Crippen LogP contribution in [0.1, 0.15) is 15.6 Å². The molecule has 0 fully saturated rings. The van der Waals surface area contributed by atoms with Crippen LogP contribution in [0.4, 0.5) is 0 Å². The molecule has 1 nitrogen and oxygen atoms in total. The normalized spacial score (nSPS) is 11.2. The Bertz CT molecular complexity index is 246. The number of aryl methyl sites for hydroxylation is 2. The van der Waals surface area contributed by atoms with Crippen molar-refractivity contribution in [1.29, 1.82) is 0 Å². The molecule has 0 radical (unpaired) electrons. The average Bonchev–Trinajstić information content (AvgIpc) is 2.28. The number of alkyl halides is 1. The first-order valence-corrected chi connectivity index (χ1v) is 4.75. The number of hydrogen-bond acceptors (Lipinski definition) is 2. The highest BCUT2D eigenvalue weighted by molar-refractivity contribution is 7.12. The lowest BCUT2D eigenvalue weighted by molar-refractivity contribution is 1.22. The third-order valence-electron chi connectivity index (χ3n) is 1.39. The number of halogens is 1. The molecular weight excluding hydrogens is 178 g/mol. The fourth-order valence-corrected chi connectivity index (χ4v) is 1.66. The summed E-state index contributed by atoms with van der Waals surface area (Å²) in [5.74, 6) is 0.553. The SMILES string of the molecule is Cc1nc(C=CCCl)sc1C. The summed E-state index contributed by atoms with van der Waals surface area (Å²) in [5.41, 5.74) is 1.12. The highest BCUT2D eigenvalue weighted by Crippen LogP contribution is 2.17. The van der Waals surface area contributed by atoms with Crippen LogP contribution in [0.15, 0.2) is 6.08 Å². The fraction of sp³-hybridized carbons (Fsp3) is 0.375. The second-order valence-corrected chi connectivity index (χ2v) is 3.79. The van der Waals surface area contributed by atoms with Crippen molar-refractivity contribution in [3.05, 3.63) is 21.7 Å². The molecule has 0 spiro atoms. The molecule has 60 valence electrons. The highest BCUT2D eigenvalue weighted by Gasteiger charge is 1.98. The van der Waals surface area contributed by atoms with Gasteiger partial charge in [-0.05, 0) is 19.9 Å². The second kappa shape index (κ2) is 3.88. The highest BCUT2D eigenvalue weighted by atomic mass is 35.5. The van der Waals surface area contributed by atoms with Crippen LogP contribution >= 0.6 is 22.9 Å². The van der Waals surface area contributed by atoms with E-state index in [2.05, 4.69) is 11.9 Å². The van der Waals surface area contributed by atoms with Crippen molar-refractivity contribution in [2.24, 2.45) is 0 Å². The Morgan fingerprint density at radius 3 is 2.73 bits per heavy atom. The van der Waals surface area contributed by atoms with Crippen molar-refractivity contribution in [3.8, 4) is 0 Å². The number of nitrogens with zero attached hydrogens (tertiary/aromatic N) is 1.